The summed E-state index contributed by atoms with van der Waals surface area (Å²) < 4.78 is 27.5. The maximum atomic E-state index is 12.9. The summed E-state index contributed by atoms with van der Waals surface area (Å²) in [5, 5.41) is 0. The van der Waals surface area contributed by atoms with E-state index in [-0.39, 0.29) is 5.78 Å². The van der Waals surface area contributed by atoms with Gasteiger partial charge in [0.25, 0.3) is 10.0 Å². The van der Waals surface area contributed by atoms with E-state index in [0.29, 0.717) is 29.2 Å². The van der Waals surface area contributed by atoms with Crippen molar-refractivity contribution in [1.82, 2.24) is 4.31 Å². The lowest BCUT2D eigenvalue weighted by Crippen LogP contribution is -2.40. The van der Waals surface area contributed by atoms with Gasteiger partial charge in [0.1, 0.15) is 4.21 Å². The zero-order valence-corrected chi connectivity index (χ0v) is 15.7. The molecule has 6 heteroatoms. The molecule has 0 saturated carbocycles. The van der Waals surface area contributed by atoms with Crippen molar-refractivity contribution >= 4 is 27.1 Å². The Morgan fingerprint density at radius 3 is 2.50 bits per heavy atom. The average Bonchev–Trinajstić information content (AvgIpc) is 3.18. The van der Waals surface area contributed by atoms with Gasteiger partial charge in [0.2, 0.25) is 0 Å². The highest BCUT2D eigenvalue weighted by Gasteiger charge is 2.40. The summed E-state index contributed by atoms with van der Waals surface area (Å²) in [5.74, 6) is -0.104. The van der Waals surface area contributed by atoms with Gasteiger partial charge in [0.05, 0.1) is 6.04 Å². The number of benzene rings is 1. The van der Waals surface area contributed by atoms with E-state index in [1.807, 2.05) is 32.9 Å². The molecule has 1 fully saturated rings. The summed E-state index contributed by atoms with van der Waals surface area (Å²) in [6.07, 6.45) is 1.29. The number of thiophene rings is 1. The minimum atomic E-state index is -3.61. The molecular formula is C18H21NO3S2. The van der Waals surface area contributed by atoms with Crippen LogP contribution in [-0.4, -0.2) is 31.1 Å². The molecule has 0 aliphatic carbocycles. The first-order valence-corrected chi connectivity index (χ1v) is 10.3. The van der Waals surface area contributed by atoms with Crippen molar-refractivity contribution < 1.29 is 13.2 Å². The van der Waals surface area contributed by atoms with Crippen LogP contribution in [0.5, 0.6) is 0 Å². The molecular weight excluding hydrogens is 342 g/mol. The molecule has 1 aliphatic heterocycles. The topological polar surface area (TPSA) is 54.5 Å². The van der Waals surface area contributed by atoms with Crippen molar-refractivity contribution in [1.29, 1.82) is 0 Å². The van der Waals surface area contributed by atoms with E-state index < -0.39 is 16.1 Å². The van der Waals surface area contributed by atoms with Crippen LogP contribution in [0, 0.1) is 20.8 Å². The first-order valence-electron chi connectivity index (χ1n) is 8.00. The molecule has 1 unspecified atom stereocenters. The number of hydrogen-bond donors (Lipinski definition) is 0. The Kier molecular flexibility index (Phi) is 4.64. The molecule has 2 aromatic rings. The van der Waals surface area contributed by atoms with Gasteiger partial charge in [-0.1, -0.05) is 12.1 Å². The fourth-order valence-electron chi connectivity index (χ4n) is 3.04. The molecule has 0 radical (unpaired) electrons. The van der Waals surface area contributed by atoms with E-state index in [1.54, 1.807) is 18.2 Å². The van der Waals surface area contributed by atoms with Gasteiger partial charge in [0.15, 0.2) is 5.78 Å². The van der Waals surface area contributed by atoms with Gasteiger partial charge < -0.3 is 0 Å². The smallest absolute Gasteiger partial charge is 0.253 e. The summed E-state index contributed by atoms with van der Waals surface area (Å²) in [5.41, 5.74) is 2.76. The molecule has 4 nitrogen and oxygen atoms in total. The molecule has 3 rings (SSSR count). The summed E-state index contributed by atoms with van der Waals surface area (Å²) in [4.78, 5) is 13.9. The molecule has 1 aromatic carbocycles. The Bertz CT molecular complexity index is 883. The Labute approximate surface area is 147 Å². The van der Waals surface area contributed by atoms with Crippen LogP contribution in [0.2, 0.25) is 0 Å². The minimum absolute atomic E-state index is 0.104. The van der Waals surface area contributed by atoms with Gasteiger partial charge in [-0.2, -0.15) is 4.31 Å². The highest BCUT2D eigenvalue weighted by molar-refractivity contribution is 7.91. The second kappa shape index (κ2) is 6.43. The van der Waals surface area contributed by atoms with E-state index in [2.05, 4.69) is 0 Å². The summed E-state index contributed by atoms with van der Waals surface area (Å²) >= 11 is 1.25. The van der Waals surface area contributed by atoms with Crippen molar-refractivity contribution in [2.24, 2.45) is 0 Å². The highest BCUT2D eigenvalue weighted by Crippen LogP contribution is 2.31. The molecule has 0 amide bonds. The number of carbonyl (C=O) groups excluding carboxylic acids is 1. The number of sulfonamides is 1. The number of rotatable bonds is 4. The van der Waals surface area contributed by atoms with Crippen molar-refractivity contribution in [3.8, 4) is 0 Å². The van der Waals surface area contributed by atoms with Crippen LogP contribution >= 0.6 is 11.3 Å². The maximum Gasteiger partial charge on any atom is 0.253 e. The van der Waals surface area contributed by atoms with E-state index in [4.69, 9.17) is 0 Å². The molecule has 0 N–H and O–H groups in total. The van der Waals surface area contributed by atoms with E-state index >= 15 is 0 Å². The van der Waals surface area contributed by atoms with Gasteiger partial charge >= 0.3 is 0 Å². The summed E-state index contributed by atoms with van der Waals surface area (Å²) in [6.45, 7) is 6.24. The van der Waals surface area contributed by atoms with Gasteiger partial charge in [-0.25, -0.2) is 8.42 Å². The number of nitrogens with zero attached hydrogens (tertiary/aromatic N) is 1. The standard InChI is InChI=1S/C18H21NO3S2/c1-12-6-8-15(11-13(12)2)18(20)16-5-4-10-19(16)24(21,22)17-9-7-14(3)23-17/h6-9,11,16H,4-5,10H2,1-3H3. The monoisotopic (exact) mass is 363 g/mol. The predicted molar refractivity (Wildman–Crippen MR) is 96.2 cm³/mol. The maximum absolute atomic E-state index is 12.9. The van der Waals surface area contributed by atoms with Crippen molar-refractivity contribution in [2.75, 3.05) is 6.54 Å². The Morgan fingerprint density at radius 2 is 1.88 bits per heavy atom. The third-order valence-electron chi connectivity index (χ3n) is 4.58. The first-order chi connectivity index (χ1) is 11.3. The van der Waals surface area contributed by atoms with Crippen LogP contribution < -0.4 is 0 Å². The van der Waals surface area contributed by atoms with Crippen LogP contribution in [-0.2, 0) is 10.0 Å². The molecule has 0 bridgehead atoms. The zero-order valence-electron chi connectivity index (χ0n) is 14.1. The van der Waals surface area contributed by atoms with Crippen molar-refractivity contribution in [3.63, 3.8) is 0 Å². The van der Waals surface area contributed by atoms with Gasteiger partial charge in [0, 0.05) is 17.0 Å². The van der Waals surface area contributed by atoms with Gasteiger partial charge in [-0.05, 0) is 62.9 Å². The second-order valence-electron chi connectivity index (χ2n) is 6.30. The summed E-state index contributed by atoms with van der Waals surface area (Å²) in [7, 11) is -3.61. The number of aryl methyl sites for hydroxylation is 3. The van der Waals surface area contributed by atoms with E-state index in [1.165, 1.54) is 15.6 Å². The zero-order chi connectivity index (χ0) is 17.5. The van der Waals surface area contributed by atoms with Crippen LogP contribution in [0.15, 0.2) is 34.5 Å². The number of hydrogen-bond acceptors (Lipinski definition) is 4. The molecule has 24 heavy (non-hydrogen) atoms. The second-order valence-corrected chi connectivity index (χ2v) is 9.71. The lowest BCUT2D eigenvalue weighted by atomic mass is 9.99. The average molecular weight is 364 g/mol. The molecule has 2 heterocycles. The van der Waals surface area contributed by atoms with Gasteiger partial charge in [-0.3, -0.25) is 4.79 Å². The lowest BCUT2D eigenvalue weighted by molar-refractivity contribution is 0.0918. The molecule has 1 aromatic heterocycles. The molecule has 0 spiro atoms. The largest absolute Gasteiger partial charge is 0.292 e. The van der Waals surface area contributed by atoms with Crippen molar-refractivity contribution in [3.05, 3.63) is 51.9 Å². The van der Waals surface area contributed by atoms with E-state index in [9.17, 15) is 13.2 Å². The fourth-order valence-corrected chi connectivity index (χ4v) is 6.11. The highest BCUT2D eigenvalue weighted by atomic mass is 32.2. The number of carbonyl (C=O) groups is 1. The predicted octanol–water partition coefficient (Wildman–Crippen LogP) is 3.71. The Balaban J connectivity index is 1.93. The normalized spacial score (nSPS) is 18.9. The Morgan fingerprint density at radius 1 is 1.12 bits per heavy atom. The number of ketones is 1. The number of Topliss-reactive ketones (excluding diaryl/α,β-unsaturated/α-hetero) is 1. The summed E-state index contributed by atoms with van der Waals surface area (Å²) in [6, 6.07) is 8.40. The molecule has 128 valence electrons. The van der Waals surface area contributed by atoms with Crippen LogP contribution in [0.4, 0.5) is 0 Å². The van der Waals surface area contributed by atoms with Crippen LogP contribution in [0.1, 0.15) is 39.2 Å². The fraction of sp³-hybridized carbons (Fsp3) is 0.389. The van der Waals surface area contributed by atoms with Crippen molar-refractivity contribution in [2.45, 2.75) is 43.9 Å². The molecule has 1 atom stereocenters. The minimum Gasteiger partial charge on any atom is -0.292 e. The van der Waals surface area contributed by atoms with E-state index in [0.717, 1.165) is 16.0 Å². The first kappa shape index (κ1) is 17.3. The molecule has 1 aliphatic rings. The SMILES string of the molecule is Cc1ccc(S(=O)(=O)N2CCCC2C(=O)c2ccc(C)c(C)c2)s1. The lowest BCUT2D eigenvalue weighted by Gasteiger charge is -2.22. The Hall–Kier alpha value is -1.50. The van der Waals surface area contributed by atoms with Crippen LogP contribution in [0.3, 0.4) is 0 Å². The molecule has 1 saturated heterocycles. The third-order valence-corrected chi connectivity index (χ3v) is 7.95. The van der Waals surface area contributed by atoms with Gasteiger partial charge in [-0.15, -0.1) is 11.3 Å². The third kappa shape index (κ3) is 3.06. The van der Waals surface area contributed by atoms with Crippen LogP contribution in [0.25, 0.3) is 0 Å². The quantitative estimate of drug-likeness (QED) is 0.778.